The van der Waals surface area contributed by atoms with Crippen molar-refractivity contribution in [1.82, 2.24) is 0 Å². The number of rotatable bonds is 7. The second kappa shape index (κ2) is 8.50. The molecule has 1 aliphatic carbocycles. The maximum absolute atomic E-state index is 12.9. The third-order valence-corrected chi connectivity index (χ3v) is 5.73. The second-order valence-corrected chi connectivity index (χ2v) is 8.51. The minimum atomic E-state index is -4.68. The molecule has 3 nitrogen and oxygen atoms in total. The Bertz CT molecular complexity index is 996. The smallest absolute Gasteiger partial charge is 0.422 e. The topological polar surface area (TPSA) is 46.5 Å². The summed E-state index contributed by atoms with van der Waals surface area (Å²) in [5, 5.41) is 9.61. The third kappa shape index (κ3) is 5.49. The van der Waals surface area contributed by atoms with Crippen LogP contribution in [0.25, 0.3) is 11.1 Å². The molecule has 1 aliphatic rings. The molecule has 32 heavy (non-hydrogen) atoms. The molecule has 1 atom stereocenters. The third-order valence-electron chi connectivity index (χ3n) is 5.45. The van der Waals surface area contributed by atoms with Crippen LogP contribution in [0.2, 0.25) is 5.02 Å². The Hall–Kier alpha value is -2.42. The van der Waals surface area contributed by atoms with Crippen molar-refractivity contribution in [2.24, 2.45) is 5.92 Å². The van der Waals surface area contributed by atoms with Crippen LogP contribution < -0.4 is 4.74 Å². The highest BCUT2D eigenvalue weighted by Gasteiger charge is 2.41. The van der Waals surface area contributed by atoms with E-state index in [1.165, 1.54) is 19.1 Å². The second-order valence-electron chi connectivity index (χ2n) is 8.10. The highest BCUT2D eigenvalue weighted by molar-refractivity contribution is 6.32. The van der Waals surface area contributed by atoms with Crippen LogP contribution in [0, 0.1) is 5.92 Å². The lowest BCUT2D eigenvalue weighted by atomic mass is 9.77. The van der Waals surface area contributed by atoms with Crippen LogP contribution >= 0.6 is 11.6 Å². The summed E-state index contributed by atoms with van der Waals surface area (Å²) in [5.41, 5.74) is -2.00. The molecule has 0 amide bonds. The van der Waals surface area contributed by atoms with E-state index in [9.17, 15) is 36.2 Å². The SMILES string of the molecule is CC(CC1CC1)(C(=O)O)c1cc(Cl)c(OCC(F)(F)F)c(-c2ccc(C(F)(F)F)cc2)c1. The maximum atomic E-state index is 12.9. The van der Waals surface area contributed by atoms with Crippen molar-refractivity contribution >= 4 is 17.6 Å². The van der Waals surface area contributed by atoms with Gasteiger partial charge in [-0.15, -0.1) is 0 Å². The molecule has 10 heteroatoms. The van der Waals surface area contributed by atoms with Gasteiger partial charge in [0.2, 0.25) is 0 Å². The van der Waals surface area contributed by atoms with E-state index >= 15 is 0 Å². The first kappa shape index (κ1) is 24.2. The lowest BCUT2D eigenvalue weighted by molar-refractivity contribution is -0.153. The number of carbonyl (C=O) groups is 1. The predicted octanol–water partition coefficient (Wildman–Crippen LogP) is 7.11. The molecule has 1 N–H and O–H groups in total. The molecule has 1 unspecified atom stereocenters. The fourth-order valence-electron chi connectivity index (χ4n) is 3.49. The normalized spacial score (nSPS) is 16.5. The largest absolute Gasteiger partial charge is 0.482 e. The fourth-order valence-corrected chi connectivity index (χ4v) is 3.77. The van der Waals surface area contributed by atoms with Gasteiger partial charge >= 0.3 is 18.3 Å². The van der Waals surface area contributed by atoms with Crippen molar-refractivity contribution in [1.29, 1.82) is 0 Å². The lowest BCUT2D eigenvalue weighted by Crippen LogP contribution is -2.33. The number of carboxylic acids is 1. The Morgan fingerprint density at radius 2 is 1.66 bits per heavy atom. The van der Waals surface area contributed by atoms with Gasteiger partial charge in [-0.3, -0.25) is 4.79 Å². The first-order valence-electron chi connectivity index (χ1n) is 9.65. The summed E-state index contributed by atoms with van der Waals surface area (Å²) in [6.45, 7) is -0.177. The number of halogens is 7. The molecule has 1 fully saturated rings. The van der Waals surface area contributed by atoms with Crippen molar-refractivity contribution < 1.29 is 41.0 Å². The summed E-state index contributed by atoms with van der Waals surface area (Å²) < 4.78 is 81.9. The van der Waals surface area contributed by atoms with Gasteiger partial charge < -0.3 is 9.84 Å². The molecular weight excluding hydrogens is 462 g/mol. The average molecular weight is 481 g/mol. The van der Waals surface area contributed by atoms with Gasteiger partial charge in [-0.2, -0.15) is 26.3 Å². The fraction of sp³-hybridized carbons (Fsp3) is 0.409. The summed E-state index contributed by atoms with van der Waals surface area (Å²) >= 11 is 6.21. The molecule has 2 aromatic rings. The molecular formula is C22H19ClF6O3. The number of aliphatic carboxylic acids is 1. The predicted molar refractivity (Wildman–Crippen MR) is 106 cm³/mol. The Morgan fingerprint density at radius 1 is 1.06 bits per heavy atom. The lowest BCUT2D eigenvalue weighted by Gasteiger charge is -2.27. The van der Waals surface area contributed by atoms with Gasteiger partial charge in [-0.25, -0.2) is 0 Å². The van der Waals surface area contributed by atoms with E-state index < -0.39 is 35.9 Å². The zero-order valence-electron chi connectivity index (χ0n) is 16.8. The van der Waals surface area contributed by atoms with E-state index in [0.29, 0.717) is 6.42 Å². The molecule has 0 radical (unpaired) electrons. The number of hydrogen-bond donors (Lipinski definition) is 1. The molecule has 1 saturated carbocycles. The molecule has 0 heterocycles. The van der Waals surface area contributed by atoms with E-state index in [-0.39, 0.29) is 33.4 Å². The van der Waals surface area contributed by atoms with Crippen LogP contribution in [0.5, 0.6) is 5.75 Å². The zero-order valence-corrected chi connectivity index (χ0v) is 17.5. The number of hydrogen-bond acceptors (Lipinski definition) is 2. The zero-order chi connectivity index (χ0) is 23.9. The van der Waals surface area contributed by atoms with Crippen LogP contribution in [0.4, 0.5) is 26.3 Å². The van der Waals surface area contributed by atoms with Crippen LogP contribution in [0.15, 0.2) is 36.4 Å². The molecule has 0 spiro atoms. The minimum absolute atomic E-state index is 0.0197. The number of ether oxygens (including phenoxy) is 1. The van der Waals surface area contributed by atoms with Gasteiger partial charge in [-0.1, -0.05) is 36.6 Å². The van der Waals surface area contributed by atoms with E-state index in [1.807, 2.05) is 0 Å². The van der Waals surface area contributed by atoms with Gasteiger partial charge in [0.15, 0.2) is 6.61 Å². The van der Waals surface area contributed by atoms with Crippen molar-refractivity contribution in [2.45, 2.75) is 44.0 Å². The standard InChI is InChI=1S/C22H19ClF6O3/c1-20(19(30)31,10-12-2-3-12)15-8-16(13-4-6-14(7-5-13)22(27,28)29)18(17(23)9-15)32-11-21(24,25)26/h4-9,12H,2-3,10-11H2,1H3,(H,30,31). The molecule has 0 aliphatic heterocycles. The first-order chi connectivity index (χ1) is 14.7. The van der Waals surface area contributed by atoms with Crippen molar-refractivity contribution in [3.63, 3.8) is 0 Å². The van der Waals surface area contributed by atoms with Crippen LogP contribution in [-0.4, -0.2) is 23.9 Å². The number of benzene rings is 2. The Kier molecular flexibility index (Phi) is 6.43. The summed E-state index contributed by atoms with van der Waals surface area (Å²) in [7, 11) is 0. The molecule has 0 bridgehead atoms. The Balaban J connectivity index is 2.13. The Labute approximate surface area is 184 Å². The Morgan fingerprint density at radius 3 is 2.12 bits per heavy atom. The van der Waals surface area contributed by atoms with Crippen LogP contribution in [0.3, 0.4) is 0 Å². The highest BCUT2D eigenvalue weighted by atomic mass is 35.5. The summed E-state index contributed by atoms with van der Waals surface area (Å²) in [4.78, 5) is 12.1. The van der Waals surface area contributed by atoms with Gasteiger partial charge in [0, 0.05) is 5.56 Å². The maximum Gasteiger partial charge on any atom is 0.422 e. The summed E-state index contributed by atoms with van der Waals surface area (Å²) in [6.07, 6.45) is -7.24. The van der Waals surface area contributed by atoms with Crippen molar-refractivity contribution in [3.8, 4) is 16.9 Å². The quantitative estimate of drug-likeness (QED) is 0.430. The van der Waals surface area contributed by atoms with Gasteiger partial charge in [0.1, 0.15) is 5.75 Å². The molecule has 174 valence electrons. The van der Waals surface area contributed by atoms with Gasteiger partial charge in [-0.05, 0) is 54.7 Å². The van der Waals surface area contributed by atoms with E-state index in [1.54, 1.807) is 0 Å². The molecule has 0 aromatic heterocycles. The monoisotopic (exact) mass is 480 g/mol. The van der Waals surface area contributed by atoms with Crippen LogP contribution in [0.1, 0.15) is 37.3 Å². The van der Waals surface area contributed by atoms with E-state index in [4.69, 9.17) is 16.3 Å². The highest BCUT2D eigenvalue weighted by Crippen LogP contribution is 2.46. The van der Waals surface area contributed by atoms with E-state index in [2.05, 4.69) is 0 Å². The number of alkyl halides is 6. The van der Waals surface area contributed by atoms with Gasteiger partial charge in [0.25, 0.3) is 0 Å². The summed E-state index contributed by atoms with van der Waals surface area (Å²) in [5.74, 6) is -1.32. The van der Waals surface area contributed by atoms with Crippen LogP contribution in [-0.2, 0) is 16.4 Å². The summed E-state index contributed by atoms with van der Waals surface area (Å²) in [6, 6.07) is 6.30. The van der Waals surface area contributed by atoms with Gasteiger partial charge in [0.05, 0.1) is 16.0 Å². The van der Waals surface area contributed by atoms with Crippen molar-refractivity contribution in [3.05, 3.63) is 52.5 Å². The van der Waals surface area contributed by atoms with E-state index in [0.717, 1.165) is 37.1 Å². The molecule has 0 saturated heterocycles. The molecule has 2 aromatic carbocycles. The molecule has 3 rings (SSSR count). The van der Waals surface area contributed by atoms with Crippen molar-refractivity contribution in [2.75, 3.05) is 6.61 Å². The minimum Gasteiger partial charge on any atom is -0.482 e. The number of carboxylic acid groups (broad SMARTS) is 1. The first-order valence-corrected chi connectivity index (χ1v) is 10.0. The average Bonchev–Trinajstić information content (AvgIpc) is 3.48.